The van der Waals surface area contributed by atoms with Crippen LogP contribution in [0.25, 0.3) is 0 Å². The van der Waals surface area contributed by atoms with E-state index in [0.717, 1.165) is 18.5 Å². The van der Waals surface area contributed by atoms with Gasteiger partial charge in [-0.3, -0.25) is 4.68 Å². The predicted molar refractivity (Wildman–Crippen MR) is 47.3 cm³/mol. The molecule has 0 fully saturated rings. The van der Waals surface area contributed by atoms with Gasteiger partial charge in [-0.25, -0.2) is 0 Å². The van der Waals surface area contributed by atoms with Crippen LogP contribution in [0.3, 0.4) is 0 Å². The lowest BCUT2D eigenvalue weighted by atomic mass is 9.96. The molecule has 1 heterocycles. The number of fused-ring (bicyclic) bond motifs is 1. The van der Waals surface area contributed by atoms with Crippen molar-refractivity contribution in [3.63, 3.8) is 0 Å². The molecule has 72 valence electrons. The second-order valence-electron chi connectivity index (χ2n) is 3.46. The summed E-state index contributed by atoms with van der Waals surface area (Å²) in [6.45, 7) is 0.631. The van der Waals surface area contributed by atoms with Gasteiger partial charge in [0.2, 0.25) is 0 Å². The number of aliphatic hydroxyl groups is 2. The molecule has 0 saturated heterocycles. The summed E-state index contributed by atoms with van der Waals surface area (Å²) in [5, 5.41) is 22.4. The number of hydrogen-bond acceptors (Lipinski definition) is 3. The molecule has 1 aliphatic carbocycles. The molecule has 1 aliphatic rings. The van der Waals surface area contributed by atoms with Crippen molar-refractivity contribution in [1.82, 2.24) is 9.78 Å². The minimum atomic E-state index is -0.235. The van der Waals surface area contributed by atoms with Gasteiger partial charge in [-0.1, -0.05) is 0 Å². The number of nitrogens with zero attached hydrogens (tertiary/aromatic N) is 2. The van der Waals surface area contributed by atoms with Crippen LogP contribution in [0.5, 0.6) is 0 Å². The Labute approximate surface area is 76.8 Å². The summed E-state index contributed by atoms with van der Waals surface area (Å²) >= 11 is 0. The molecule has 0 saturated carbocycles. The Bertz CT molecular complexity index is 296. The van der Waals surface area contributed by atoms with Gasteiger partial charge in [-0.2, -0.15) is 5.10 Å². The average Bonchev–Trinajstić information content (AvgIpc) is 2.49. The number of aromatic nitrogens is 2. The normalized spacial score (nSPS) is 21.5. The maximum absolute atomic E-state index is 9.46. The van der Waals surface area contributed by atoms with Crippen LogP contribution in [0.2, 0.25) is 0 Å². The van der Waals surface area contributed by atoms with Crippen LogP contribution in [0.15, 0.2) is 6.20 Å². The Hall–Kier alpha value is -0.870. The highest BCUT2D eigenvalue weighted by Gasteiger charge is 2.20. The molecular formula is C9H14N2O2. The van der Waals surface area contributed by atoms with Gasteiger partial charge in [0, 0.05) is 12.1 Å². The molecule has 0 aromatic carbocycles. The van der Waals surface area contributed by atoms with Gasteiger partial charge in [0.25, 0.3) is 0 Å². The third kappa shape index (κ3) is 1.59. The third-order valence-corrected chi connectivity index (χ3v) is 2.52. The van der Waals surface area contributed by atoms with E-state index >= 15 is 0 Å². The smallest absolute Gasteiger partial charge is 0.0644 e. The molecule has 1 atom stereocenters. The van der Waals surface area contributed by atoms with Crippen LogP contribution in [-0.4, -0.2) is 32.7 Å². The van der Waals surface area contributed by atoms with Gasteiger partial charge in [0.15, 0.2) is 0 Å². The fourth-order valence-corrected chi connectivity index (χ4v) is 1.83. The Morgan fingerprint density at radius 3 is 3.23 bits per heavy atom. The molecule has 1 aromatic rings. The van der Waals surface area contributed by atoms with Crippen molar-refractivity contribution in [1.29, 1.82) is 0 Å². The Kier molecular flexibility index (Phi) is 2.33. The second-order valence-corrected chi connectivity index (χ2v) is 3.46. The SMILES string of the molecule is OCCn1ncc2c1CC(O)CC2. The highest BCUT2D eigenvalue weighted by molar-refractivity contribution is 5.21. The third-order valence-electron chi connectivity index (χ3n) is 2.52. The second kappa shape index (κ2) is 3.47. The molecule has 1 aromatic heterocycles. The molecule has 2 N–H and O–H groups in total. The van der Waals surface area contributed by atoms with E-state index in [9.17, 15) is 5.11 Å². The van der Waals surface area contributed by atoms with Gasteiger partial charge in [0.05, 0.1) is 25.5 Å². The van der Waals surface area contributed by atoms with Gasteiger partial charge in [-0.15, -0.1) is 0 Å². The Morgan fingerprint density at radius 2 is 2.46 bits per heavy atom. The summed E-state index contributed by atoms with van der Waals surface area (Å²) in [7, 11) is 0. The Morgan fingerprint density at radius 1 is 1.62 bits per heavy atom. The molecule has 4 nitrogen and oxygen atoms in total. The summed E-state index contributed by atoms with van der Waals surface area (Å²) in [6.07, 6.45) is 4.02. The monoisotopic (exact) mass is 182 g/mol. The van der Waals surface area contributed by atoms with Crippen molar-refractivity contribution < 1.29 is 10.2 Å². The topological polar surface area (TPSA) is 58.3 Å². The maximum atomic E-state index is 9.46. The zero-order valence-electron chi connectivity index (χ0n) is 7.48. The molecule has 0 radical (unpaired) electrons. The molecule has 13 heavy (non-hydrogen) atoms. The number of aliphatic hydroxyl groups excluding tert-OH is 2. The standard InChI is InChI=1S/C9H14N2O2/c12-4-3-11-9-5-8(13)2-1-7(9)6-10-11/h6,8,12-13H,1-5H2. The minimum Gasteiger partial charge on any atom is -0.394 e. The van der Waals surface area contributed by atoms with Crippen LogP contribution in [0.4, 0.5) is 0 Å². The van der Waals surface area contributed by atoms with E-state index in [4.69, 9.17) is 5.11 Å². The van der Waals surface area contributed by atoms with E-state index in [1.165, 1.54) is 5.56 Å². The van der Waals surface area contributed by atoms with Gasteiger partial charge in [-0.05, 0) is 18.4 Å². The fourth-order valence-electron chi connectivity index (χ4n) is 1.83. The zero-order valence-corrected chi connectivity index (χ0v) is 7.48. The van der Waals surface area contributed by atoms with E-state index in [0.29, 0.717) is 13.0 Å². The van der Waals surface area contributed by atoms with Crippen LogP contribution in [0.1, 0.15) is 17.7 Å². The van der Waals surface area contributed by atoms with Crippen molar-refractivity contribution in [3.05, 3.63) is 17.5 Å². The highest BCUT2D eigenvalue weighted by Crippen LogP contribution is 2.20. The minimum absolute atomic E-state index is 0.101. The molecular weight excluding hydrogens is 168 g/mol. The van der Waals surface area contributed by atoms with E-state index in [-0.39, 0.29) is 12.7 Å². The first-order valence-corrected chi connectivity index (χ1v) is 4.63. The van der Waals surface area contributed by atoms with Crippen LogP contribution in [0, 0.1) is 0 Å². The average molecular weight is 182 g/mol. The first kappa shape index (κ1) is 8.72. The molecule has 0 spiro atoms. The molecule has 1 unspecified atom stereocenters. The molecule has 0 amide bonds. The van der Waals surface area contributed by atoms with E-state index < -0.39 is 0 Å². The Balaban J connectivity index is 2.25. The summed E-state index contributed by atoms with van der Waals surface area (Å²) in [4.78, 5) is 0. The van der Waals surface area contributed by atoms with Crippen molar-refractivity contribution in [3.8, 4) is 0 Å². The lowest BCUT2D eigenvalue weighted by Crippen LogP contribution is -2.21. The molecule has 2 rings (SSSR count). The number of hydrogen-bond donors (Lipinski definition) is 2. The van der Waals surface area contributed by atoms with Crippen molar-refractivity contribution >= 4 is 0 Å². The first-order valence-electron chi connectivity index (χ1n) is 4.63. The van der Waals surface area contributed by atoms with Crippen molar-refractivity contribution in [2.45, 2.75) is 31.9 Å². The zero-order chi connectivity index (χ0) is 9.26. The maximum Gasteiger partial charge on any atom is 0.0644 e. The lowest BCUT2D eigenvalue weighted by Gasteiger charge is -2.18. The first-order chi connectivity index (χ1) is 6.31. The largest absolute Gasteiger partial charge is 0.394 e. The van der Waals surface area contributed by atoms with Crippen LogP contribution in [-0.2, 0) is 19.4 Å². The predicted octanol–water partition coefficient (Wildman–Crippen LogP) is -0.275. The summed E-state index contributed by atoms with van der Waals surface area (Å²) < 4.78 is 1.79. The van der Waals surface area contributed by atoms with Gasteiger partial charge in [0.1, 0.15) is 0 Å². The van der Waals surface area contributed by atoms with Crippen LogP contribution < -0.4 is 0 Å². The van der Waals surface area contributed by atoms with Crippen molar-refractivity contribution in [2.24, 2.45) is 0 Å². The van der Waals surface area contributed by atoms with Gasteiger partial charge < -0.3 is 10.2 Å². The van der Waals surface area contributed by atoms with E-state index in [1.807, 2.05) is 6.20 Å². The molecule has 4 heteroatoms. The van der Waals surface area contributed by atoms with E-state index in [2.05, 4.69) is 5.10 Å². The molecule has 0 bridgehead atoms. The lowest BCUT2D eigenvalue weighted by molar-refractivity contribution is 0.154. The fraction of sp³-hybridized carbons (Fsp3) is 0.667. The van der Waals surface area contributed by atoms with E-state index in [1.54, 1.807) is 4.68 Å². The number of aryl methyl sites for hydroxylation is 1. The summed E-state index contributed by atoms with van der Waals surface area (Å²) in [5.41, 5.74) is 2.31. The van der Waals surface area contributed by atoms with Gasteiger partial charge >= 0.3 is 0 Å². The molecule has 0 aliphatic heterocycles. The van der Waals surface area contributed by atoms with Crippen LogP contribution >= 0.6 is 0 Å². The summed E-state index contributed by atoms with van der Waals surface area (Å²) in [6, 6.07) is 0. The number of rotatable bonds is 2. The highest BCUT2D eigenvalue weighted by atomic mass is 16.3. The van der Waals surface area contributed by atoms with Crippen molar-refractivity contribution in [2.75, 3.05) is 6.61 Å². The summed E-state index contributed by atoms with van der Waals surface area (Å²) in [5.74, 6) is 0. The quantitative estimate of drug-likeness (QED) is 0.661.